The number of hydrogen-bond acceptors (Lipinski definition) is 13. The zero-order valence-electron chi connectivity index (χ0n) is 40.8. The highest BCUT2D eigenvalue weighted by Crippen LogP contribution is 2.15. The molecule has 386 valence electrons. The number of ketones is 3. The van der Waals surface area contributed by atoms with E-state index in [9.17, 15) is 48.6 Å². The first-order valence-corrected chi connectivity index (χ1v) is 24.8. The van der Waals surface area contributed by atoms with Gasteiger partial charge in [-0.25, -0.2) is 4.79 Å². The van der Waals surface area contributed by atoms with Crippen molar-refractivity contribution in [3.63, 3.8) is 0 Å². The van der Waals surface area contributed by atoms with Crippen LogP contribution in [0.25, 0.3) is 0 Å². The quantitative estimate of drug-likeness (QED) is 0.0395. The number of nitrogens with one attached hydrogen (secondary N) is 4. The fourth-order valence-corrected chi connectivity index (χ4v) is 7.44. The molecule has 3 atom stereocenters. The monoisotopic (exact) mass is 962 g/mol. The molecule has 3 amide bonds. The van der Waals surface area contributed by atoms with Crippen LogP contribution in [-0.2, 0) is 54.3 Å². The molecule has 0 spiro atoms. The molecular formula is C50H83N5O13. The average Bonchev–Trinajstić information content (AvgIpc) is 3.28. The van der Waals surface area contributed by atoms with Crippen LogP contribution in [0.4, 0.5) is 0 Å². The lowest BCUT2D eigenvalue weighted by molar-refractivity contribution is -0.142. The summed E-state index contributed by atoms with van der Waals surface area (Å²) in [5.74, 6) is -3.62. The van der Waals surface area contributed by atoms with Gasteiger partial charge in [-0.3, -0.25) is 38.9 Å². The lowest BCUT2D eigenvalue weighted by Gasteiger charge is -2.20. The third-order valence-corrected chi connectivity index (χ3v) is 11.3. The number of Topliss-reactive ketones (excluding diaryl/α,β-unsaturated/α-hetero) is 3. The van der Waals surface area contributed by atoms with E-state index in [1.807, 2.05) is 13.8 Å². The van der Waals surface area contributed by atoms with Crippen LogP contribution < -0.4 is 27.0 Å². The molecule has 1 aromatic carbocycles. The number of hydrogen-bond donors (Lipinski definition) is 8. The maximum Gasteiger partial charge on any atom is 0.326 e. The number of primary amides is 1. The number of phenolic OH excluding ortho intramolecular Hbond substituents is 1. The third-order valence-electron chi connectivity index (χ3n) is 11.3. The number of ether oxygens (including phenoxy) is 2. The van der Waals surface area contributed by atoms with Crippen molar-refractivity contribution in [1.29, 1.82) is 0 Å². The first-order valence-electron chi connectivity index (χ1n) is 24.8. The Bertz CT molecular complexity index is 1620. The molecule has 0 saturated heterocycles. The minimum absolute atomic E-state index is 0.0192. The van der Waals surface area contributed by atoms with Gasteiger partial charge in [-0.15, -0.1) is 0 Å². The van der Waals surface area contributed by atoms with Gasteiger partial charge in [0, 0.05) is 32.2 Å². The number of aromatic hydroxyl groups is 1. The molecule has 0 aliphatic heterocycles. The summed E-state index contributed by atoms with van der Waals surface area (Å²) in [5.41, 5.74) is 6.33. The summed E-state index contributed by atoms with van der Waals surface area (Å²) in [6, 6.07) is 3.64. The van der Waals surface area contributed by atoms with Crippen LogP contribution in [0.15, 0.2) is 24.3 Å². The Kier molecular flexibility index (Phi) is 35.2. The van der Waals surface area contributed by atoms with E-state index in [1.54, 1.807) is 12.1 Å². The zero-order valence-corrected chi connectivity index (χ0v) is 40.8. The summed E-state index contributed by atoms with van der Waals surface area (Å²) in [5, 5.41) is 39.0. The van der Waals surface area contributed by atoms with Crippen LogP contribution in [-0.4, -0.2) is 127 Å². The number of carboxylic acids is 2. The normalized spacial score (nSPS) is 12.6. The first-order chi connectivity index (χ1) is 32.6. The van der Waals surface area contributed by atoms with Crippen molar-refractivity contribution in [3.8, 4) is 5.75 Å². The van der Waals surface area contributed by atoms with Crippen LogP contribution in [0.5, 0.6) is 5.75 Å². The average molecular weight is 962 g/mol. The van der Waals surface area contributed by atoms with Crippen LogP contribution >= 0.6 is 0 Å². The molecule has 0 saturated carbocycles. The molecule has 0 fully saturated rings. The second-order valence-corrected chi connectivity index (χ2v) is 18.1. The summed E-state index contributed by atoms with van der Waals surface area (Å²) in [6.07, 6.45) is 17.3. The Morgan fingerprint density at radius 3 is 1.68 bits per heavy atom. The minimum atomic E-state index is -1.21. The van der Waals surface area contributed by atoms with Crippen molar-refractivity contribution in [2.45, 2.75) is 180 Å². The molecule has 0 heterocycles. The molecule has 68 heavy (non-hydrogen) atoms. The highest BCUT2D eigenvalue weighted by atomic mass is 16.5. The number of amides is 3. The number of phenols is 1. The minimum Gasteiger partial charge on any atom is -0.508 e. The molecule has 0 radical (unpaired) electrons. The predicted molar refractivity (Wildman–Crippen MR) is 258 cm³/mol. The molecule has 0 unspecified atom stereocenters. The van der Waals surface area contributed by atoms with Crippen LogP contribution in [0.3, 0.4) is 0 Å². The lowest BCUT2D eigenvalue weighted by Crippen LogP contribution is -2.49. The van der Waals surface area contributed by atoms with Gasteiger partial charge < -0.3 is 46.5 Å². The Morgan fingerprint density at radius 2 is 1.13 bits per heavy atom. The van der Waals surface area contributed by atoms with Crippen LogP contribution in [0, 0.1) is 5.92 Å². The molecule has 18 heteroatoms. The number of nitrogens with two attached hydrogens (primary N) is 1. The number of benzene rings is 1. The van der Waals surface area contributed by atoms with Gasteiger partial charge >= 0.3 is 11.9 Å². The summed E-state index contributed by atoms with van der Waals surface area (Å²) < 4.78 is 10.7. The van der Waals surface area contributed by atoms with Crippen LogP contribution in [0.1, 0.15) is 161 Å². The van der Waals surface area contributed by atoms with Crippen molar-refractivity contribution < 1.29 is 63.1 Å². The molecule has 18 nitrogen and oxygen atoms in total. The summed E-state index contributed by atoms with van der Waals surface area (Å²) in [4.78, 5) is 97.1. The van der Waals surface area contributed by atoms with Crippen molar-refractivity contribution in [2.24, 2.45) is 11.7 Å². The summed E-state index contributed by atoms with van der Waals surface area (Å²) >= 11 is 0. The van der Waals surface area contributed by atoms with E-state index in [0.29, 0.717) is 38.6 Å². The summed E-state index contributed by atoms with van der Waals surface area (Å²) in [6.45, 7) is 3.61. The number of unbranched alkanes of at least 4 members (excludes halogenated alkanes) is 14. The molecular weight excluding hydrogens is 879 g/mol. The maximum absolute atomic E-state index is 13.3. The highest BCUT2D eigenvalue weighted by Gasteiger charge is 2.23. The van der Waals surface area contributed by atoms with E-state index in [2.05, 4.69) is 21.3 Å². The Morgan fingerprint density at radius 1 is 0.588 bits per heavy atom. The second kappa shape index (κ2) is 39.1. The number of aliphatic carboxylic acids is 2. The zero-order chi connectivity index (χ0) is 50.4. The molecule has 9 N–H and O–H groups in total. The van der Waals surface area contributed by atoms with Crippen molar-refractivity contribution in [1.82, 2.24) is 21.3 Å². The molecule has 0 aliphatic carbocycles. The molecule has 0 bridgehead atoms. The van der Waals surface area contributed by atoms with Gasteiger partial charge in [0.25, 0.3) is 0 Å². The Balaban J connectivity index is 2.21. The maximum atomic E-state index is 13.3. The standard InChI is InChI=1S/C50H83N5O13/c1-37(2)31-41(58)33-53-42(45(59)34-54-44(49(51)64)32-38-22-24-39(56)25-23-38)19-17-18-28-52-47(61)36-68-30-29-67-35-40(57)26-27-43(50(65)66)55-46(60)20-15-13-11-9-7-5-3-4-6-8-10-12-14-16-21-48(62)63/h22-25,37,42-44,53-54,56H,3-21,26-36H2,1-2H3,(H2,51,64)(H,52,61)(H,55,60)(H,62,63)(H,65,66)/t42-,43-,44-/m0/s1. The van der Waals surface area contributed by atoms with Gasteiger partial charge in [0.05, 0.1) is 38.4 Å². The van der Waals surface area contributed by atoms with E-state index in [4.69, 9.17) is 20.3 Å². The first kappa shape index (κ1) is 61.2. The van der Waals surface area contributed by atoms with Crippen LogP contribution in [0.2, 0.25) is 0 Å². The van der Waals surface area contributed by atoms with E-state index >= 15 is 0 Å². The fraction of sp³-hybridized carbons (Fsp3) is 0.720. The highest BCUT2D eigenvalue weighted by molar-refractivity contribution is 5.88. The lowest BCUT2D eigenvalue weighted by atomic mass is 10.0. The van der Waals surface area contributed by atoms with E-state index in [0.717, 1.165) is 50.5 Å². The second-order valence-electron chi connectivity index (χ2n) is 18.1. The van der Waals surface area contributed by atoms with Crippen molar-refractivity contribution >= 4 is 47.0 Å². The fourth-order valence-electron chi connectivity index (χ4n) is 7.44. The Labute approximate surface area is 403 Å². The van der Waals surface area contributed by atoms with Crippen molar-refractivity contribution in [3.05, 3.63) is 29.8 Å². The Hall–Kier alpha value is -4.78. The third kappa shape index (κ3) is 34.5. The molecule has 1 aromatic rings. The van der Waals surface area contributed by atoms with Gasteiger partial charge in [0.1, 0.15) is 30.8 Å². The molecule has 1 rings (SSSR count). The van der Waals surface area contributed by atoms with Gasteiger partial charge in [0.2, 0.25) is 17.7 Å². The topological polar surface area (TPSA) is 290 Å². The predicted octanol–water partition coefficient (Wildman–Crippen LogP) is 5.09. The van der Waals surface area contributed by atoms with E-state index in [1.165, 1.54) is 50.7 Å². The van der Waals surface area contributed by atoms with Gasteiger partial charge in [0.15, 0.2) is 11.6 Å². The molecule has 0 aliphatic rings. The number of carboxylic acid groups (broad SMARTS) is 2. The largest absolute Gasteiger partial charge is 0.508 e. The van der Waals surface area contributed by atoms with Gasteiger partial charge in [-0.05, 0) is 68.6 Å². The summed E-state index contributed by atoms with van der Waals surface area (Å²) in [7, 11) is 0. The molecule has 0 aromatic heterocycles. The van der Waals surface area contributed by atoms with E-state index < -0.39 is 36.0 Å². The number of rotatable bonds is 46. The van der Waals surface area contributed by atoms with Gasteiger partial charge in [-0.1, -0.05) is 103 Å². The van der Waals surface area contributed by atoms with E-state index in [-0.39, 0.29) is 112 Å². The number of carbonyl (C=O) groups is 8. The SMILES string of the molecule is CC(C)CC(=O)CN[C@@H](CCCCNC(=O)COCCOCC(=O)CC[C@H](NC(=O)CCCCCCCCCCCCCCCCC(=O)O)C(=O)O)C(=O)CN[C@@H](Cc1ccc(O)cc1)C(N)=O. The van der Waals surface area contributed by atoms with Crippen molar-refractivity contribution in [2.75, 3.05) is 46.1 Å². The smallest absolute Gasteiger partial charge is 0.326 e. The van der Waals surface area contributed by atoms with Gasteiger partial charge in [-0.2, -0.15) is 0 Å². The number of carbonyl (C=O) groups excluding carboxylic acids is 6.